The van der Waals surface area contributed by atoms with E-state index >= 15 is 0 Å². The Kier molecular flexibility index (Phi) is 3.59. The first-order chi connectivity index (χ1) is 9.86. The van der Waals surface area contributed by atoms with Crippen molar-refractivity contribution in [2.45, 2.75) is 36.4 Å². The SMILES string of the molecule is CN1CC([C@@H]2CCC[C@H]2O)Oc2ccc(S(N)(=O)=O)cc21. The summed E-state index contributed by atoms with van der Waals surface area (Å²) in [7, 11) is -1.83. The van der Waals surface area contributed by atoms with E-state index in [1.165, 1.54) is 12.1 Å². The van der Waals surface area contributed by atoms with Crippen LogP contribution in [-0.4, -0.2) is 39.3 Å². The van der Waals surface area contributed by atoms with Crippen LogP contribution in [0.2, 0.25) is 0 Å². The molecule has 0 aromatic heterocycles. The quantitative estimate of drug-likeness (QED) is 0.838. The Hall–Kier alpha value is -1.31. The summed E-state index contributed by atoms with van der Waals surface area (Å²) in [6.45, 7) is 0.628. The number of hydrogen-bond acceptors (Lipinski definition) is 5. The number of anilines is 1. The maximum Gasteiger partial charge on any atom is 0.238 e. The van der Waals surface area contributed by atoms with Gasteiger partial charge in [0, 0.05) is 13.0 Å². The molecule has 1 aliphatic carbocycles. The lowest BCUT2D eigenvalue weighted by Gasteiger charge is -2.37. The molecule has 0 bridgehead atoms. The first-order valence-electron chi connectivity index (χ1n) is 7.09. The molecule has 7 heteroatoms. The fourth-order valence-corrected chi connectivity index (χ4v) is 3.80. The monoisotopic (exact) mass is 312 g/mol. The molecule has 1 fully saturated rings. The molecule has 0 saturated heterocycles. The van der Waals surface area contributed by atoms with Crippen molar-refractivity contribution in [3.63, 3.8) is 0 Å². The van der Waals surface area contributed by atoms with Crippen molar-refractivity contribution in [3.05, 3.63) is 18.2 Å². The molecular weight excluding hydrogens is 292 g/mol. The van der Waals surface area contributed by atoms with Gasteiger partial charge in [-0.1, -0.05) is 6.42 Å². The van der Waals surface area contributed by atoms with Gasteiger partial charge in [-0.25, -0.2) is 13.6 Å². The van der Waals surface area contributed by atoms with Crippen molar-refractivity contribution in [1.29, 1.82) is 0 Å². The normalized spacial score (nSPS) is 29.1. The number of ether oxygens (including phenoxy) is 1. The third-order valence-electron chi connectivity index (χ3n) is 4.41. The van der Waals surface area contributed by atoms with E-state index in [1.54, 1.807) is 6.07 Å². The van der Waals surface area contributed by atoms with Gasteiger partial charge in [0.15, 0.2) is 0 Å². The second kappa shape index (κ2) is 5.15. The van der Waals surface area contributed by atoms with Crippen LogP contribution in [0.1, 0.15) is 19.3 Å². The molecule has 1 heterocycles. The lowest BCUT2D eigenvalue weighted by Crippen LogP contribution is -2.44. The van der Waals surface area contributed by atoms with Gasteiger partial charge < -0.3 is 14.7 Å². The van der Waals surface area contributed by atoms with Crippen molar-refractivity contribution in [2.24, 2.45) is 11.1 Å². The molecule has 2 aliphatic rings. The topological polar surface area (TPSA) is 92.9 Å². The average Bonchev–Trinajstić information content (AvgIpc) is 2.83. The Bertz CT molecular complexity index is 646. The van der Waals surface area contributed by atoms with Crippen LogP contribution in [-0.2, 0) is 10.0 Å². The lowest BCUT2D eigenvalue weighted by atomic mass is 9.96. The summed E-state index contributed by atoms with van der Waals surface area (Å²) in [5.74, 6) is 0.777. The maximum absolute atomic E-state index is 11.4. The van der Waals surface area contributed by atoms with E-state index < -0.39 is 10.0 Å². The van der Waals surface area contributed by atoms with Gasteiger partial charge in [-0.15, -0.1) is 0 Å². The van der Waals surface area contributed by atoms with Gasteiger partial charge in [0.05, 0.1) is 23.2 Å². The first kappa shape index (κ1) is 14.6. The summed E-state index contributed by atoms with van der Waals surface area (Å²) in [6.07, 6.45) is 2.43. The molecule has 1 unspecified atom stereocenters. The summed E-state index contributed by atoms with van der Waals surface area (Å²) in [5.41, 5.74) is 0.713. The minimum Gasteiger partial charge on any atom is -0.486 e. The van der Waals surface area contributed by atoms with Gasteiger partial charge in [-0.3, -0.25) is 0 Å². The Balaban J connectivity index is 1.89. The average molecular weight is 312 g/mol. The van der Waals surface area contributed by atoms with E-state index in [0.29, 0.717) is 18.0 Å². The molecule has 1 aromatic rings. The highest BCUT2D eigenvalue weighted by Crippen LogP contribution is 2.39. The van der Waals surface area contributed by atoms with Crippen LogP contribution >= 0.6 is 0 Å². The number of fused-ring (bicyclic) bond motifs is 1. The van der Waals surface area contributed by atoms with Crippen LogP contribution in [0.15, 0.2) is 23.1 Å². The summed E-state index contributed by atoms with van der Waals surface area (Å²) in [5, 5.41) is 15.2. The first-order valence-corrected chi connectivity index (χ1v) is 8.63. The lowest BCUT2D eigenvalue weighted by molar-refractivity contribution is 0.0456. The van der Waals surface area contributed by atoms with E-state index in [1.807, 2.05) is 11.9 Å². The van der Waals surface area contributed by atoms with Crippen LogP contribution in [0.3, 0.4) is 0 Å². The zero-order chi connectivity index (χ0) is 15.2. The number of nitrogens with zero attached hydrogens (tertiary/aromatic N) is 1. The van der Waals surface area contributed by atoms with E-state index in [2.05, 4.69) is 0 Å². The van der Waals surface area contributed by atoms with E-state index in [4.69, 9.17) is 9.88 Å². The molecular formula is C14H20N2O4S. The van der Waals surface area contributed by atoms with Crippen LogP contribution in [0.4, 0.5) is 5.69 Å². The number of primary sulfonamides is 1. The molecule has 0 amide bonds. The van der Waals surface area contributed by atoms with E-state index in [-0.39, 0.29) is 23.0 Å². The molecule has 1 aromatic carbocycles. The molecule has 1 saturated carbocycles. The van der Waals surface area contributed by atoms with E-state index in [0.717, 1.165) is 19.3 Å². The van der Waals surface area contributed by atoms with Gasteiger partial charge in [-0.05, 0) is 31.0 Å². The van der Waals surface area contributed by atoms with Crippen LogP contribution in [0, 0.1) is 5.92 Å². The third-order valence-corrected chi connectivity index (χ3v) is 5.32. The van der Waals surface area contributed by atoms with Crippen molar-refractivity contribution in [3.8, 4) is 5.75 Å². The predicted molar refractivity (Wildman–Crippen MR) is 78.8 cm³/mol. The minimum atomic E-state index is -3.72. The number of nitrogens with two attached hydrogens (primary N) is 1. The number of aliphatic hydroxyl groups excluding tert-OH is 1. The van der Waals surface area contributed by atoms with Crippen molar-refractivity contribution >= 4 is 15.7 Å². The Labute approximate surface area is 124 Å². The van der Waals surface area contributed by atoms with Crippen LogP contribution < -0.4 is 14.8 Å². The van der Waals surface area contributed by atoms with Gasteiger partial charge in [0.25, 0.3) is 0 Å². The van der Waals surface area contributed by atoms with E-state index in [9.17, 15) is 13.5 Å². The molecule has 3 rings (SSSR count). The fraction of sp³-hybridized carbons (Fsp3) is 0.571. The van der Waals surface area contributed by atoms with Gasteiger partial charge >= 0.3 is 0 Å². The summed E-state index contributed by atoms with van der Waals surface area (Å²) < 4.78 is 28.8. The molecule has 3 N–H and O–H groups in total. The summed E-state index contributed by atoms with van der Waals surface area (Å²) in [6, 6.07) is 4.63. The molecule has 0 spiro atoms. The second-order valence-corrected chi connectivity index (χ2v) is 7.43. The Morgan fingerprint density at radius 2 is 2.14 bits per heavy atom. The van der Waals surface area contributed by atoms with Gasteiger partial charge in [0.2, 0.25) is 10.0 Å². The second-order valence-electron chi connectivity index (χ2n) is 5.87. The van der Waals surface area contributed by atoms with Crippen molar-refractivity contribution in [1.82, 2.24) is 0 Å². The highest BCUT2D eigenvalue weighted by Gasteiger charge is 2.37. The van der Waals surface area contributed by atoms with Crippen molar-refractivity contribution in [2.75, 3.05) is 18.5 Å². The summed E-state index contributed by atoms with van der Waals surface area (Å²) >= 11 is 0. The molecule has 1 aliphatic heterocycles. The summed E-state index contributed by atoms with van der Waals surface area (Å²) in [4.78, 5) is 2.04. The zero-order valence-electron chi connectivity index (χ0n) is 11.9. The van der Waals surface area contributed by atoms with Crippen LogP contribution in [0.25, 0.3) is 0 Å². The van der Waals surface area contributed by atoms with Crippen LogP contribution in [0.5, 0.6) is 5.75 Å². The Morgan fingerprint density at radius 1 is 1.38 bits per heavy atom. The number of sulfonamides is 1. The zero-order valence-corrected chi connectivity index (χ0v) is 12.7. The Morgan fingerprint density at radius 3 is 2.76 bits per heavy atom. The molecule has 116 valence electrons. The highest BCUT2D eigenvalue weighted by atomic mass is 32.2. The smallest absolute Gasteiger partial charge is 0.238 e. The number of rotatable bonds is 2. The third kappa shape index (κ3) is 2.73. The number of aliphatic hydroxyl groups is 1. The number of likely N-dealkylation sites (N-methyl/N-ethyl adjacent to an activating group) is 1. The maximum atomic E-state index is 11.4. The minimum absolute atomic E-state index is 0.0691. The fourth-order valence-electron chi connectivity index (χ4n) is 3.27. The molecule has 21 heavy (non-hydrogen) atoms. The van der Waals surface area contributed by atoms with Crippen molar-refractivity contribution < 1.29 is 18.3 Å². The molecule has 6 nitrogen and oxygen atoms in total. The highest BCUT2D eigenvalue weighted by molar-refractivity contribution is 7.89. The number of benzene rings is 1. The molecule has 0 radical (unpaired) electrons. The standard InChI is InChI=1S/C14H20N2O4S/c1-16-8-14(10-3-2-4-12(10)17)20-13-6-5-9(7-11(13)16)21(15,18)19/h5-7,10,12,14,17H,2-4,8H2,1H3,(H2,15,18,19)/t10-,12-,14?/m1/s1. The number of hydrogen-bond donors (Lipinski definition) is 2. The van der Waals surface area contributed by atoms with Gasteiger partial charge in [0.1, 0.15) is 11.9 Å². The molecule has 3 atom stereocenters. The largest absolute Gasteiger partial charge is 0.486 e. The predicted octanol–water partition coefficient (Wildman–Crippen LogP) is 0.692. The van der Waals surface area contributed by atoms with Gasteiger partial charge in [-0.2, -0.15) is 0 Å².